The second-order valence-corrected chi connectivity index (χ2v) is 11.0. The quantitative estimate of drug-likeness (QED) is 0.285. The Labute approximate surface area is 213 Å². The van der Waals surface area contributed by atoms with Gasteiger partial charge in [-0.3, -0.25) is 0 Å². The number of anilines is 1. The highest BCUT2D eigenvalue weighted by molar-refractivity contribution is 5.86. The molecule has 3 heterocycles. The number of hydrogen-bond acceptors (Lipinski definition) is 3. The van der Waals surface area contributed by atoms with E-state index in [4.69, 9.17) is 4.52 Å². The molecule has 0 N–H and O–H groups in total. The van der Waals surface area contributed by atoms with Crippen molar-refractivity contribution < 1.29 is 17.7 Å². The fraction of sp³-hybridized carbons (Fsp3) is 0.367. The van der Waals surface area contributed by atoms with Gasteiger partial charge in [-0.2, -0.15) is 13.2 Å². The van der Waals surface area contributed by atoms with E-state index in [0.717, 1.165) is 68.2 Å². The van der Waals surface area contributed by atoms with Gasteiger partial charge in [-0.15, -0.1) is 0 Å². The summed E-state index contributed by atoms with van der Waals surface area (Å²) in [4.78, 5) is 2.45. The predicted octanol–water partition coefficient (Wildman–Crippen LogP) is 7.80. The molecule has 7 rings (SSSR count). The molecule has 3 aliphatic rings. The van der Waals surface area contributed by atoms with Gasteiger partial charge in [0.05, 0.1) is 5.56 Å². The van der Waals surface area contributed by atoms with Crippen molar-refractivity contribution in [2.75, 3.05) is 18.0 Å². The van der Waals surface area contributed by atoms with Gasteiger partial charge in [0.2, 0.25) is 0 Å². The molecule has 37 heavy (non-hydrogen) atoms. The maximum atomic E-state index is 13.8. The lowest BCUT2D eigenvalue weighted by atomic mass is 9.63. The maximum absolute atomic E-state index is 13.8. The van der Waals surface area contributed by atoms with Crippen LogP contribution in [-0.2, 0) is 13.2 Å². The van der Waals surface area contributed by atoms with Gasteiger partial charge in [-0.25, -0.2) is 0 Å². The third-order valence-corrected chi connectivity index (χ3v) is 8.49. The summed E-state index contributed by atoms with van der Waals surface area (Å²) in [6, 6.07) is 14.5. The number of benzene rings is 2. The van der Waals surface area contributed by atoms with Crippen molar-refractivity contribution in [2.24, 2.45) is 12.5 Å². The number of aromatic nitrogens is 2. The minimum atomic E-state index is -4.45. The van der Waals surface area contributed by atoms with E-state index in [9.17, 15) is 13.2 Å². The molecule has 2 aromatic carbocycles. The summed E-state index contributed by atoms with van der Waals surface area (Å²) in [5.41, 5.74) is 4.25. The molecular formula is C30H28F3N3O. The fourth-order valence-electron chi connectivity index (χ4n) is 6.22. The Morgan fingerprint density at radius 2 is 1.78 bits per heavy atom. The van der Waals surface area contributed by atoms with Crippen LogP contribution in [0.15, 0.2) is 65.3 Å². The predicted molar refractivity (Wildman–Crippen MR) is 138 cm³/mol. The first kappa shape index (κ1) is 22.7. The maximum Gasteiger partial charge on any atom is 0.417 e. The number of hydrogen-bond donors (Lipinski definition) is 0. The van der Waals surface area contributed by atoms with Gasteiger partial charge in [0.15, 0.2) is 0 Å². The molecule has 0 atom stereocenters. The molecule has 0 radical (unpaired) electrons. The summed E-state index contributed by atoms with van der Waals surface area (Å²) in [7, 11) is 2.07. The molecule has 1 spiro atoms. The van der Waals surface area contributed by atoms with E-state index < -0.39 is 11.7 Å². The zero-order chi connectivity index (χ0) is 25.4. The van der Waals surface area contributed by atoms with Gasteiger partial charge in [0.1, 0.15) is 11.5 Å². The minimum Gasteiger partial charge on any atom is -0.371 e. The van der Waals surface area contributed by atoms with Crippen molar-refractivity contribution in [2.45, 2.75) is 44.2 Å². The van der Waals surface area contributed by atoms with Crippen molar-refractivity contribution in [3.8, 4) is 11.3 Å². The van der Waals surface area contributed by atoms with Gasteiger partial charge >= 0.3 is 6.18 Å². The minimum absolute atomic E-state index is 0.0970. The first-order chi connectivity index (χ1) is 17.8. The van der Waals surface area contributed by atoms with Crippen LogP contribution in [0.2, 0.25) is 0 Å². The third-order valence-electron chi connectivity index (χ3n) is 8.49. The summed E-state index contributed by atoms with van der Waals surface area (Å²) in [5, 5.41) is 5.46. The molecule has 1 aliphatic heterocycles. The second kappa shape index (κ2) is 8.01. The molecule has 7 heteroatoms. The number of nitrogens with zero attached hydrogens (tertiary/aromatic N) is 3. The number of fused-ring (bicyclic) bond motifs is 1. The van der Waals surface area contributed by atoms with Crippen molar-refractivity contribution in [1.82, 2.24) is 9.72 Å². The first-order valence-electron chi connectivity index (χ1n) is 13.0. The number of piperidine rings is 1. The normalized spacial score (nSPS) is 19.4. The molecule has 1 saturated carbocycles. The average Bonchev–Trinajstić information content (AvgIpc) is 3.53. The largest absolute Gasteiger partial charge is 0.417 e. The number of rotatable bonds is 4. The molecule has 0 unspecified atom stereocenters. The van der Waals surface area contributed by atoms with E-state index in [-0.39, 0.29) is 16.9 Å². The number of alkyl halides is 3. The van der Waals surface area contributed by atoms with Crippen LogP contribution in [0.5, 0.6) is 0 Å². The molecule has 2 fully saturated rings. The summed E-state index contributed by atoms with van der Waals surface area (Å²) >= 11 is 0. The highest BCUT2D eigenvalue weighted by Gasteiger charge is 2.44. The fourth-order valence-corrected chi connectivity index (χ4v) is 6.22. The highest BCUT2D eigenvalue weighted by Crippen LogP contribution is 2.56. The Morgan fingerprint density at radius 3 is 2.51 bits per heavy atom. The van der Waals surface area contributed by atoms with Crippen LogP contribution < -0.4 is 4.90 Å². The average molecular weight is 504 g/mol. The Morgan fingerprint density at radius 1 is 1.03 bits per heavy atom. The first-order valence-corrected chi connectivity index (χ1v) is 13.0. The molecule has 4 nitrogen and oxygen atoms in total. The van der Waals surface area contributed by atoms with Crippen molar-refractivity contribution >= 4 is 22.2 Å². The van der Waals surface area contributed by atoms with E-state index >= 15 is 0 Å². The molecule has 0 amide bonds. The lowest BCUT2D eigenvalue weighted by molar-refractivity contribution is -0.137. The standard InChI is InChI=1S/C30H28F3N3O/c1-35-13-10-19-8-9-22(16-25(19)35)36-14-11-29(12-15-36)17-21(18-29)26-27(34-37-28(26)20-6-7-20)23-4-2-3-5-24(23)30(31,32)33/h2-5,8-10,13,16-17,20H,6-7,11-12,14-15,18H2,1H3. The topological polar surface area (TPSA) is 34.2 Å². The molecule has 1 saturated heterocycles. The number of aryl methyl sites for hydroxylation is 1. The van der Waals surface area contributed by atoms with Gasteiger partial charge < -0.3 is 14.0 Å². The Bertz CT molecular complexity index is 1530. The smallest absolute Gasteiger partial charge is 0.371 e. The molecule has 0 bridgehead atoms. The molecule has 190 valence electrons. The highest BCUT2D eigenvalue weighted by atomic mass is 19.4. The number of halogens is 3. The van der Waals surface area contributed by atoms with Crippen LogP contribution in [0.25, 0.3) is 27.7 Å². The summed E-state index contributed by atoms with van der Waals surface area (Å²) in [6.07, 6.45) is 4.87. The van der Waals surface area contributed by atoms with Crippen LogP contribution in [0.4, 0.5) is 18.9 Å². The molecule has 4 aromatic rings. The Kier molecular flexibility index (Phi) is 4.91. The van der Waals surface area contributed by atoms with Crippen molar-refractivity contribution in [3.63, 3.8) is 0 Å². The van der Waals surface area contributed by atoms with Gasteiger partial charge in [0, 0.05) is 54.6 Å². The van der Waals surface area contributed by atoms with Crippen molar-refractivity contribution in [1.29, 1.82) is 0 Å². The van der Waals surface area contributed by atoms with E-state index in [1.165, 1.54) is 28.7 Å². The molecule has 2 aromatic heterocycles. The number of allylic oxidation sites excluding steroid dienone is 2. The van der Waals surface area contributed by atoms with Crippen LogP contribution in [0.1, 0.15) is 54.9 Å². The van der Waals surface area contributed by atoms with E-state index in [2.05, 4.69) is 58.2 Å². The van der Waals surface area contributed by atoms with Crippen LogP contribution in [0, 0.1) is 5.41 Å². The van der Waals surface area contributed by atoms with Crippen LogP contribution >= 0.6 is 0 Å². The van der Waals surface area contributed by atoms with Crippen molar-refractivity contribution in [3.05, 3.63) is 77.7 Å². The Hall–Kier alpha value is -3.48. The summed E-state index contributed by atoms with van der Waals surface area (Å²) in [6.45, 7) is 1.92. The van der Waals surface area contributed by atoms with E-state index in [1.54, 1.807) is 6.07 Å². The summed E-state index contributed by atoms with van der Waals surface area (Å²) in [5.74, 6) is 1.03. The SMILES string of the molecule is Cn1ccc2ccc(N3CCC4(C=C(c5c(-c6ccccc6C(F)(F)F)noc5C5CC5)C4)CC3)cc21. The zero-order valence-corrected chi connectivity index (χ0v) is 20.7. The van der Waals surface area contributed by atoms with Gasteiger partial charge in [0.25, 0.3) is 0 Å². The molecular weight excluding hydrogens is 475 g/mol. The van der Waals surface area contributed by atoms with Gasteiger partial charge in [-0.05, 0) is 72.7 Å². The second-order valence-electron chi connectivity index (χ2n) is 11.0. The lowest BCUT2D eigenvalue weighted by Crippen LogP contribution is -2.42. The zero-order valence-electron chi connectivity index (χ0n) is 20.7. The molecule has 2 aliphatic carbocycles. The van der Waals surface area contributed by atoms with E-state index in [1.807, 2.05) is 0 Å². The Balaban J connectivity index is 1.17. The van der Waals surface area contributed by atoms with E-state index in [0.29, 0.717) is 5.69 Å². The van der Waals surface area contributed by atoms with Gasteiger partial charge in [-0.1, -0.05) is 35.5 Å². The van der Waals surface area contributed by atoms with Crippen LogP contribution in [-0.4, -0.2) is 22.8 Å². The third kappa shape index (κ3) is 3.78. The van der Waals surface area contributed by atoms with Crippen LogP contribution in [0.3, 0.4) is 0 Å². The lowest BCUT2D eigenvalue weighted by Gasteiger charge is -2.47. The monoisotopic (exact) mass is 503 g/mol. The summed E-state index contributed by atoms with van der Waals surface area (Å²) < 4.78 is 49.3.